The first-order valence-electron chi connectivity index (χ1n) is 11.6. The number of thioether (sulfide) groups is 2. The quantitative estimate of drug-likeness (QED) is 0.470. The van der Waals surface area contributed by atoms with Gasteiger partial charge in [0.1, 0.15) is 0 Å². The summed E-state index contributed by atoms with van der Waals surface area (Å²) in [4.78, 5) is 0. The molecule has 6 heteroatoms. The molecule has 3 unspecified atom stereocenters. The fourth-order valence-corrected chi connectivity index (χ4v) is 7.53. The zero-order valence-corrected chi connectivity index (χ0v) is 21.2. The molecule has 0 radical (unpaired) electrons. The molecule has 1 spiro atoms. The number of rotatable bonds is 9. The molecular weight excluding hydrogens is 416 g/mol. The lowest BCUT2D eigenvalue weighted by atomic mass is 9.83. The second kappa shape index (κ2) is 10.5. The minimum Gasteiger partial charge on any atom is -0.388 e. The van der Waals surface area contributed by atoms with Crippen LogP contribution in [0.2, 0.25) is 0 Å². The van der Waals surface area contributed by atoms with E-state index in [4.69, 9.17) is 14.2 Å². The van der Waals surface area contributed by atoms with Crippen molar-refractivity contribution < 1.29 is 19.3 Å². The highest BCUT2D eigenvalue weighted by Gasteiger charge is 2.53. The molecule has 0 aromatic rings. The third kappa shape index (κ3) is 6.20. The van der Waals surface area contributed by atoms with Crippen LogP contribution in [0.15, 0.2) is 12.2 Å². The third-order valence-electron chi connectivity index (χ3n) is 6.75. The van der Waals surface area contributed by atoms with Gasteiger partial charge in [0.2, 0.25) is 0 Å². The molecule has 0 amide bonds. The molecule has 2 aliphatic heterocycles. The van der Waals surface area contributed by atoms with Crippen LogP contribution in [0, 0.1) is 22.7 Å². The first-order valence-corrected chi connectivity index (χ1v) is 13.7. The molecule has 30 heavy (non-hydrogen) atoms. The minimum absolute atomic E-state index is 0.0837. The first-order chi connectivity index (χ1) is 14.2. The average Bonchev–Trinajstić information content (AvgIpc) is 3.34. The molecule has 0 aromatic heterocycles. The summed E-state index contributed by atoms with van der Waals surface area (Å²) >= 11 is 4.20. The zero-order chi connectivity index (χ0) is 21.8. The second-order valence-corrected chi connectivity index (χ2v) is 13.5. The average molecular weight is 459 g/mol. The summed E-state index contributed by atoms with van der Waals surface area (Å²) in [6.45, 7) is 13.3. The lowest BCUT2D eigenvalue weighted by Gasteiger charge is -2.45. The van der Waals surface area contributed by atoms with E-state index >= 15 is 0 Å². The van der Waals surface area contributed by atoms with E-state index in [-0.39, 0.29) is 10.8 Å². The van der Waals surface area contributed by atoms with Crippen molar-refractivity contribution in [2.45, 2.75) is 76.8 Å². The monoisotopic (exact) mass is 458 g/mol. The third-order valence-corrected chi connectivity index (χ3v) is 9.92. The Bertz CT molecular complexity index is 562. The van der Waals surface area contributed by atoms with Crippen LogP contribution in [0.3, 0.4) is 0 Å². The molecule has 3 aliphatic rings. The van der Waals surface area contributed by atoms with E-state index in [1.165, 1.54) is 17.9 Å². The van der Waals surface area contributed by atoms with Crippen LogP contribution in [-0.4, -0.2) is 59.5 Å². The van der Waals surface area contributed by atoms with Crippen LogP contribution in [0.1, 0.15) is 60.3 Å². The van der Waals surface area contributed by atoms with Crippen molar-refractivity contribution in [2.24, 2.45) is 22.7 Å². The van der Waals surface area contributed by atoms with E-state index < -0.39 is 11.9 Å². The molecule has 0 aromatic carbocycles. The number of aliphatic hydroxyl groups is 1. The Hall–Kier alpha value is 0.280. The molecule has 2 heterocycles. The normalized spacial score (nSPS) is 30.5. The molecule has 1 aliphatic carbocycles. The van der Waals surface area contributed by atoms with Crippen molar-refractivity contribution in [2.75, 3.05) is 37.9 Å². The maximum atomic E-state index is 10.8. The number of hydrogen-bond donors (Lipinski definition) is 1. The van der Waals surface area contributed by atoms with E-state index in [0.717, 1.165) is 32.5 Å². The lowest BCUT2D eigenvalue weighted by molar-refractivity contribution is -0.316. The maximum absolute atomic E-state index is 10.8. The summed E-state index contributed by atoms with van der Waals surface area (Å²) in [6, 6.07) is 0. The lowest BCUT2D eigenvalue weighted by Crippen LogP contribution is -2.50. The summed E-state index contributed by atoms with van der Waals surface area (Å²) in [5, 5.41) is 10.8. The van der Waals surface area contributed by atoms with Gasteiger partial charge in [-0.05, 0) is 32.1 Å². The Kier molecular flexibility index (Phi) is 8.70. The summed E-state index contributed by atoms with van der Waals surface area (Å²) in [6.07, 6.45) is 8.08. The predicted molar refractivity (Wildman–Crippen MR) is 128 cm³/mol. The molecule has 3 fully saturated rings. The molecule has 0 bridgehead atoms. The smallest absolute Gasteiger partial charge is 0.171 e. The van der Waals surface area contributed by atoms with Gasteiger partial charge in [-0.2, -0.15) is 0 Å². The minimum atomic E-state index is -0.519. The van der Waals surface area contributed by atoms with E-state index in [0.29, 0.717) is 29.6 Å². The number of aliphatic hydroxyl groups excluding tert-OH is 1. The zero-order valence-electron chi connectivity index (χ0n) is 19.5. The SMILES string of the molecule is CCOCC(C)(C)C(O)C=CC1CCC2(OCC(C)(C)CO2)C1CCC1SCCS1. The fourth-order valence-electron chi connectivity index (χ4n) is 4.67. The Morgan fingerprint density at radius 1 is 1.17 bits per heavy atom. The van der Waals surface area contributed by atoms with Gasteiger partial charge in [-0.3, -0.25) is 0 Å². The van der Waals surface area contributed by atoms with Gasteiger partial charge in [0.05, 0.1) is 30.5 Å². The van der Waals surface area contributed by atoms with Crippen molar-refractivity contribution in [1.29, 1.82) is 0 Å². The van der Waals surface area contributed by atoms with Crippen molar-refractivity contribution >= 4 is 23.5 Å². The standard InChI is InChI=1S/C24H42O4S2/c1-6-26-17-23(4,5)20(25)9-7-18-11-12-24(27-15-22(2,3)16-28-24)19(18)8-10-21-29-13-14-30-21/h7,9,18-21,25H,6,8,10-17H2,1-5H3. The van der Waals surface area contributed by atoms with Crippen molar-refractivity contribution in [3.63, 3.8) is 0 Å². The second-order valence-electron chi connectivity index (χ2n) is 10.6. The largest absolute Gasteiger partial charge is 0.388 e. The van der Waals surface area contributed by atoms with Gasteiger partial charge >= 0.3 is 0 Å². The van der Waals surface area contributed by atoms with Gasteiger partial charge in [0.15, 0.2) is 5.79 Å². The van der Waals surface area contributed by atoms with E-state index in [9.17, 15) is 5.11 Å². The molecule has 4 nitrogen and oxygen atoms in total. The highest BCUT2D eigenvalue weighted by atomic mass is 32.2. The van der Waals surface area contributed by atoms with Crippen LogP contribution < -0.4 is 0 Å². The highest BCUT2D eigenvalue weighted by molar-refractivity contribution is 8.20. The van der Waals surface area contributed by atoms with E-state index in [1.54, 1.807) is 0 Å². The van der Waals surface area contributed by atoms with Gasteiger partial charge < -0.3 is 19.3 Å². The number of allylic oxidation sites excluding steroid dienone is 1. The van der Waals surface area contributed by atoms with Crippen LogP contribution in [0.25, 0.3) is 0 Å². The van der Waals surface area contributed by atoms with E-state index in [1.807, 2.05) is 13.0 Å². The van der Waals surface area contributed by atoms with Crippen molar-refractivity contribution in [3.05, 3.63) is 12.2 Å². The number of ether oxygens (including phenoxy) is 3. The molecule has 3 rings (SSSR count). The summed E-state index contributed by atoms with van der Waals surface area (Å²) in [7, 11) is 0. The maximum Gasteiger partial charge on any atom is 0.171 e. The summed E-state index contributed by atoms with van der Waals surface area (Å²) < 4.78 is 19.2. The van der Waals surface area contributed by atoms with Crippen molar-refractivity contribution in [3.8, 4) is 0 Å². The van der Waals surface area contributed by atoms with Gasteiger partial charge in [-0.15, -0.1) is 23.5 Å². The van der Waals surface area contributed by atoms with Gasteiger partial charge in [0.25, 0.3) is 0 Å². The predicted octanol–water partition coefficient (Wildman–Crippen LogP) is 5.35. The van der Waals surface area contributed by atoms with Gasteiger partial charge in [-0.1, -0.05) is 39.8 Å². The number of hydrogen-bond acceptors (Lipinski definition) is 6. The Balaban J connectivity index is 1.68. The van der Waals surface area contributed by atoms with Crippen LogP contribution in [-0.2, 0) is 14.2 Å². The fraction of sp³-hybridized carbons (Fsp3) is 0.917. The van der Waals surface area contributed by atoms with Crippen molar-refractivity contribution in [1.82, 2.24) is 0 Å². The molecule has 3 atom stereocenters. The summed E-state index contributed by atoms with van der Waals surface area (Å²) in [5.41, 5.74) is -0.211. The molecule has 174 valence electrons. The van der Waals surface area contributed by atoms with Gasteiger partial charge in [-0.25, -0.2) is 0 Å². The van der Waals surface area contributed by atoms with Crippen LogP contribution >= 0.6 is 23.5 Å². The van der Waals surface area contributed by atoms with Gasteiger partial charge in [0, 0.05) is 41.3 Å². The Morgan fingerprint density at radius 3 is 2.47 bits per heavy atom. The Morgan fingerprint density at radius 2 is 1.83 bits per heavy atom. The molecular formula is C24H42O4S2. The topological polar surface area (TPSA) is 47.9 Å². The first kappa shape index (κ1) is 24.9. The highest BCUT2D eigenvalue weighted by Crippen LogP contribution is 2.51. The molecule has 1 N–H and O–H groups in total. The molecule has 1 saturated carbocycles. The summed E-state index contributed by atoms with van der Waals surface area (Å²) in [5.74, 6) is 2.85. The van der Waals surface area contributed by atoms with Crippen LogP contribution in [0.4, 0.5) is 0 Å². The Labute approximate surface area is 192 Å². The van der Waals surface area contributed by atoms with E-state index in [2.05, 4.69) is 57.3 Å². The van der Waals surface area contributed by atoms with Crippen LogP contribution in [0.5, 0.6) is 0 Å². The molecule has 2 saturated heterocycles.